The lowest BCUT2D eigenvalue weighted by atomic mass is 9.97. The van der Waals surface area contributed by atoms with Gasteiger partial charge in [0, 0.05) is 32.3 Å². The summed E-state index contributed by atoms with van der Waals surface area (Å²) in [6, 6.07) is 12.3. The molecule has 2 aliphatic heterocycles. The molecule has 0 aromatic heterocycles. The third kappa shape index (κ3) is 3.13. The molecule has 0 amide bonds. The van der Waals surface area contributed by atoms with E-state index in [1.54, 1.807) is 12.7 Å². The lowest BCUT2D eigenvalue weighted by Gasteiger charge is -2.34. The van der Waals surface area contributed by atoms with Crippen molar-refractivity contribution >= 4 is 0 Å². The summed E-state index contributed by atoms with van der Waals surface area (Å²) in [5, 5.41) is 0. The van der Waals surface area contributed by atoms with Crippen LogP contribution in [0, 0.1) is 0 Å². The van der Waals surface area contributed by atoms with Crippen LogP contribution in [0.25, 0.3) is 0 Å². The molecule has 0 saturated carbocycles. The minimum atomic E-state index is 0.673. The van der Waals surface area contributed by atoms with Gasteiger partial charge >= 0.3 is 0 Å². The fourth-order valence-electron chi connectivity index (χ4n) is 3.68. The van der Waals surface area contributed by atoms with E-state index in [4.69, 9.17) is 4.74 Å². The first-order chi connectivity index (χ1) is 9.86. The fourth-order valence-corrected chi connectivity index (χ4v) is 3.68. The lowest BCUT2D eigenvalue weighted by molar-refractivity contribution is 0.184. The predicted octanol–water partition coefficient (Wildman–Crippen LogP) is 3.78. The molecule has 1 aromatic rings. The Labute approximate surface area is 122 Å². The summed E-state index contributed by atoms with van der Waals surface area (Å²) in [6.45, 7) is 2.00. The van der Waals surface area contributed by atoms with Crippen molar-refractivity contribution in [3.8, 4) is 0 Å². The first kappa shape index (κ1) is 13.8. The minimum Gasteiger partial charge on any atom is -0.385 e. The van der Waals surface area contributed by atoms with Gasteiger partial charge in [-0.05, 0) is 37.7 Å². The van der Waals surface area contributed by atoms with E-state index in [1.165, 1.54) is 37.7 Å². The molecule has 0 radical (unpaired) electrons. The van der Waals surface area contributed by atoms with Crippen LogP contribution in [0.3, 0.4) is 0 Å². The van der Waals surface area contributed by atoms with Crippen LogP contribution in [0.15, 0.2) is 42.0 Å². The van der Waals surface area contributed by atoms with Crippen molar-refractivity contribution in [2.45, 2.75) is 50.7 Å². The van der Waals surface area contributed by atoms with E-state index in [0.29, 0.717) is 6.04 Å². The van der Waals surface area contributed by atoms with Crippen LogP contribution in [0.5, 0.6) is 0 Å². The summed E-state index contributed by atoms with van der Waals surface area (Å²) in [6.07, 6.45) is 8.91. The highest BCUT2D eigenvalue weighted by molar-refractivity contribution is 5.21. The maximum atomic E-state index is 5.16. The van der Waals surface area contributed by atoms with Crippen LogP contribution >= 0.6 is 0 Å². The summed E-state index contributed by atoms with van der Waals surface area (Å²) >= 11 is 0. The van der Waals surface area contributed by atoms with Crippen LogP contribution in [0.1, 0.15) is 37.7 Å². The first-order valence-electron chi connectivity index (χ1n) is 7.85. The molecular weight excluding hydrogens is 246 g/mol. The smallest absolute Gasteiger partial charge is 0.0465 e. The zero-order valence-corrected chi connectivity index (χ0v) is 12.4. The van der Waals surface area contributed by atoms with E-state index >= 15 is 0 Å². The molecule has 20 heavy (non-hydrogen) atoms. The highest BCUT2D eigenvalue weighted by atomic mass is 16.5. The van der Waals surface area contributed by atoms with Gasteiger partial charge in [0.05, 0.1) is 0 Å². The predicted molar refractivity (Wildman–Crippen MR) is 82.6 cm³/mol. The Bertz CT molecular complexity index is 454. The van der Waals surface area contributed by atoms with Crippen molar-refractivity contribution in [2.75, 3.05) is 13.7 Å². The molecule has 2 nitrogen and oxygen atoms in total. The van der Waals surface area contributed by atoms with Gasteiger partial charge in [0.1, 0.15) is 0 Å². The Hall–Kier alpha value is -1.12. The number of rotatable bonds is 6. The summed E-state index contributed by atoms with van der Waals surface area (Å²) in [5.41, 5.74) is 3.11. The van der Waals surface area contributed by atoms with E-state index in [2.05, 4.69) is 41.3 Å². The Kier molecular flexibility index (Phi) is 4.54. The summed E-state index contributed by atoms with van der Waals surface area (Å²) in [5.74, 6) is 0. The second-order valence-corrected chi connectivity index (χ2v) is 6.08. The summed E-state index contributed by atoms with van der Waals surface area (Å²) in [7, 11) is 1.79. The molecule has 0 spiro atoms. The van der Waals surface area contributed by atoms with Gasteiger partial charge in [0.25, 0.3) is 0 Å². The van der Waals surface area contributed by atoms with Crippen LogP contribution in [0.2, 0.25) is 0 Å². The molecule has 2 atom stereocenters. The molecule has 1 saturated heterocycles. The van der Waals surface area contributed by atoms with Gasteiger partial charge in [-0.3, -0.25) is 4.90 Å². The first-order valence-corrected chi connectivity index (χ1v) is 7.85. The Balaban J connectivity index is 1.62. The van der Waals surface area contributed by atoms with E-state index in [-0.39, 0.29) is 0 Å². The van der Waals surface area contributed by atoms with Gasteiger partial charge in [-0.2, -0.15) is 0 Å². The summed E-state index contributed by atoms with van der Waals surface area (Å²) < 4.78 is 5.16. The molecule has 2 bridgehead atoms. The van der Waals surface area contributed by atoms with Gasteiger partial charge in [-0.15, -0.1) is 0 Å². The Morgan fingerprint density at radius 1 is 1.20 bits per heavy atom. The molecule has 3 rings (SSSR count). The quantitative estimate of drug-likeness (QED) is 0.577. The Morgan fingerprint density at radius 3 is 2.80 bits per heavy atom. The lowest BCUT2D eigenvalue weighted by Crippen LogP contribution is -2.38. The average molecular weight is 271 g/mol. The van der Waals surface area contributed by atoms with E-state index in [0.717, 1.165) is 19.2 Å². The van der Waals surface area contributed by atoms with E-state index in [9.17, 15) is 0 Å². The zero-order chi connectivity index (χ0) is 13.8. The third-order valence-corrected chi connectivity index (χ3v) is 4.67. The highest BCUT2D eigenvalue weighted by Crippen LogP contribution is 2.37. The molecule has 0 aliphatic carbocycles. The second kappa shape index (κ2) is 6.55. The molecule has 2 heteroatoms. The SMILES string of the molecule is COCCCC1=CC2CCC(C1)N2Cc1ccccc1. The summed E-state index contributed by atoms with van der Waals surface area (Å²) in [4.78, 5) is 2.70. The molecule has 1 aromatic carbocycles. The monoisotopic (exact) mass is 271 g/mol. The van der Waals surface area contributed by atoms with Crippen molar-refractivity contribution in [1.29, 1.82) is 0 Å². The number of benzene rings is 1. The maximum Gasteiger partial charge on any atom is 0.0465 e. The highest BCUT2D eigenvalue weighted by Gasteiger charge is 2.35. The number of methoxy groups -OCH3 is 1. The third-order valence-electron chi connectivity index (χ3n) is 4.67. The van der Waals surface area contributed by atoms with Crippen LogP contribution in [0.4, 0.5) is 0 Å². The molecular formula is C18H25NO. The minimum absolute atomic E-state index is 0.673. The van der Waals surface area contributed by atoms with Crippen molar-refractivity contribution in [3.05, 3.63) is 47.5 Å². The fraction of sp³-hybridized carbons (Fsp3) is 0.556. The van der Waals surface area contributed by atoms with Crippen LogP contribution in [-0.4, -0.2) is 30.7 Å². The van der Waals surface area contributed by atoms with Gasteiger partial charge < -0.3 is 4.74 Å². The normalized spacial score (nSPS) is 25.8. The largest absolute Gasteiger partial charge is 0.385 e. The van der Waals surface area contributed by atoms with Gasteiger partial charge in [-0.1, -0.05) is 42.0 Å². The molecule has 2 unspecified atom stereocenters. The molecule has 2 heterocycles. The number of ether oxygens (including phenoxy) is 1. The zero-order valence-electron chi connectivity index (χ0n) is 12.4. The van der Waals surface area contributed by atoms with Crippen molar-refractivity contribution in [1.82, 2.24) is 4.90 Å². The number of hydrogen-bond donors (Lipinski definition) is 0. The van der Waals surface area contributed by atoms with E-state index < -0.39 is 0 Å². The number of hydrogen-bond acceptors (Lipinski definition) is 2. The maximum absolute atomic E-state index is 5.16. The molecule has 1 fully saturated rings. The van der Waals surface area contributed by atoms with Gasteiger partial charge in [0.15, 0.2) is 0 Å². The standard InChI is InChI=1S/C18H25NO/c1-20-11-5-8-16-12-17-9-10-18(13-16)19(17)14-15-6-3-2-4-7-15/h2-4,6-7,12,17-18H,5,8-11,13-14H2,1H3. The topological polar surface area (TPSA) is 12.5 Å². The molecule has 108 valence electrons. The van der Waals surface area contributed by atoms with Gasteiger partial charge in [0.2, 0.25) is 0 Å². The van der Waals surface area contributed by atoms with Gasteiger partial charge in [-0.25, -0.2) is 0 Å². The average Bonchev–Trinajstić information content (AvgIpc) is 2.72. The van der Waals surface area contributed by atoms with E-state index in [1.807, 2.05) is 0 Å². The molecule has 0 N–H and O–H groups in total. The number of fused-ring (bicyclic) bond motifs is 2. The Morgan fingerprint density at radius 2 is 2.05 bits per heavy atom. The van der Waals surface area contributed by atoms with Crippen LogP contribution < -0.4 is 0 Å². The van der Waals surface area contributed by atoms with Crippen molar-refractivity contribution < 1.29 is 4.74 Å². The van der Waals surface area contributed by atoms with Crippen LogP contribution in [-0.2, 0) is 11.3 Å². The molecule has 2 aliphatic rings. The number of nitrogens with zero attached hydrogens (tertiary/aromatic N) is 1. The van der Waals surface area contributed by atoms with Crippen molar-refractivity contribution in [2.24, 2.45) is 0 Å². The van der Waals surface area contributed by atoms with Crippen molar-refractivity contribution in [3.63, 3.8) is 0 Å². The second-order valence-electron chi connectivity index (χ2n) is 6.08.